The monoisotopic (exact) mass is 370 g/mol. The quantitative estimate of drug-likeness (QED) is 0.818. The summed E-state index contributed by atoms with van der Waals surface area (Å²) in [5.74, 6) is -2.75. The molecule has 0 aliphatic heterocycles. The van der Waals surface area contributed by atoms with Gasteiger partial charge in [0.15, 0.2) is 23.1 Å². The fourth-order valence-corrected chi connectivity index (χ4v) is 3.04. The lowest BCUT2D eigenvalue weighted by molar-refractivity contribution is -0.122. The summed E-state index contributed by atoms with van der Waals surface area (Å²) in [7, 11) is 4.18. The van der Waals surface area contributed by atoms with Crippen LogP contribution in [-0.2, 0) is 4.79 Å². The molecule has 25 heavy (non-hydrogen) atoms. The Morgan fingerprint density at radius 1 is 1.16 bits per heavy atom. The highest BCUT2D eigenvalue weighted by molar-refractivity contribution is 7.12. The molecule has 0 bridgehead atoms. The third-order valence-electron chi connectivity index (χ3n) is 3.41. The maximum Gasteiger partial charge on any atom is 0.266 e. The number of thiophene rings is 1. The number of carbonyl (C=O) groups excluding carboxylic acids is 2. The molecule has 0 saturated carbocycles. The molecule has 1 aromatic heterocycles. The fourth-order valence-electron chi connectivity index (χ4n) is 2.16. The van der Waals surface area contributed by atoms with E-state index in [4.69, 9.17) is 9.47 Å². The summed E-state index contributed by atoms with van der Waals surface area (Å²) >= 11 is 1.07. The van der Waals surface area contributed by atoms with Crippen molar-refractivity contribution in [2.75, 3.05) is 21.3 Å². The van der Waals surface area contributed by atoms with E-state index in [0.717, 1.165) is 23.5 Å². The van der Waals surface area contributed by atoms with Gasteiger partial charge in [-0.15, -0.1) is 11.3 Å². The lowest BCUT2D eigenvalue weighted by Crippen LogP contribution is -2.39. The molecule has 2 N–H and O–H groups in total. The molecule has 6 nitrogen and oxygen atoms in total. The van der Waals surface area contributed by atoms with E-state index < -0.39 is 29.5 Å². The Bertz CT molecular complexity index is 794. The van der Waals surface area contributed by atoms with Gasteiger partial charge in [0.25, 0.3) is 5.91 Å². The van der Waals surface area contributed by atoms with Crippen molar-refractivity contribution >= 4 is 23.2 Å². The van der Waals surface area contributed by atoms with Crippen LogP contribution in [0, 0.1) is 11.6 Å². The third kappa shape index (κ3) is 3.87. The summed E-state index contributed by atoms with van der Waals surface area (Å²) in [6.45, 7) is 0. The van der Waals surface area contributed by atoms with Gasteiger partial charge in [-0.2, -0.15) is 0 Å². The molecule has 1 aromatic carbocycles. The first-order valence-corrected chi connectivity index (χ1v) is 7.97. The van der Waals surface area contributed by atoms with Crippen LogP contribution in [0.3, 0.4) is 0 Å². The summed E-state index contributed by atoms with van der Waals surface area (Å²) in [5.41, 5.74) is 0.106. The first kappa shape index (κ1) is 18.7. The maximum absolute atomic E-state index is 13.5. The Labute approximate surface area is 146 Å². The zero-order valence-electron chi connectivity index (χ0n) is 13.7. The number of ether oxygens (including phenoxy) is 2. The van der Waals surface area contributed by atoms with Crippen molar-refractivity contribution in [2.24, 2.45) is 0 Å². The number of rotatable bonds is 6. The normalized spacial score (nSPS) is 11.6. The van der Waals surface area contributed by atoms with Gasteiger partial charge in [0.2, 0.25) is 5.91 Å². The Hall–Kier alpha value is -2.68. The van der Waals surface area contributed by atoms with Crippen molar-refractivity contribution in [1.82, 2.24) is 10.6 Å². The topological polar surface area (TPSA) is 76.7 Å². The van der Waals surface area contributed by atoms with Gasteiger partial charge in [-0.25, -0.2) is 8.78 Å². The van der Waals surface area contributed by atoms with Crippen LogP contribution >= 0.6 is 11.3 Å². The molecular formula is C16H16F2N2O4S. The van der Waals surface area contributed by atoms with E-state index in [0.29, 0.717) is 5.75 Å². The maximum atomic E-state index is 13.5. The number of nitrogens with one attached hydrogen (secondary N) is 2. The van der Waals surface area contributed by atoms with Crippen molar-refractivity contribution in [1.29, 1.82) is 0 Å². The van der Waals surface area contributed by atoms with E-state index in [2.05, 4.69) is 10.6 Å². The first-order valence-electron chi connectivity index (χ1n) is 7.09. The summed E-state index contributed by atoms with van der Waals surface area (Å²) in [6.07, 6.45) is 0. The number of halogens is 2. The predicted octanol–water partition coefficient (Wildman–Crippen LogP) is 2.26. The summed E-state index contributed by atoms with van der Waals surface area (Å²) in [4.78, 5) is 24.8. The van der Waals surface area contributed by atoms with E-state index in [1.54, 1.807) is 5.38 Å². The summed E-state index contributed by atoms with van der Waals surface area (Å²) in [6, 6.07) is 1.78. The smallest absolute Gasteiger partial charge is 0.266 e. The number of hydrogen-bond acceptors (Lipinski definition) is 5. The molecule has 0 aliphatic rings. The number of carbonyl (C=O) groups is 2. The summed E-state index contributed by atoms with van der Waals surface area (Å²) < 4.78 is 36.8. The molecule has 134 valence electrons. The lowest BCUT2D eigenvalue weighted by Gasteiger charge is -2.18. The minimum atomic E-state index is -1.20. The van der Waals surface area contributed by atoms with E-state index in [1.165, 1.54) is 27.3 Å². The SMILES string of the molecule is CNC(=O)C(NC(=O)c1scc(OC)c1OC)c1ccc(F)c(F)c1. The Balaban J connectivity index is 2.34. The number of methoxy groups -OCH3 is 2. The van der Waals surface area contributed by atoms with Crippen LogP contribution in [0.4, 0.5) is 8.78 Å². The number of amides is 2. The Morgan fingerprint density at radius 3 is 2.44 bits per heavy atom. The number of likely N-dealkylation sites (N-methyl/N-ethyl adjacent to an activating group) is 1. The van der Waals surface area contributed by atoms with Crippen molar-refractivity contribution in [2.45, 2.75) is 6.04 Å². The van der Waals surface area contributed by atoms with Crippen molar-refractivity contribution in [3.63, 3.8) is 0 Å². The Morgan fingerprint density at radius 2 is 1.88 bits per heavy atom. The zero-order valence-corrected chi connectivity index (χ0v) is 14.5. The average molecular weight is 370 g/mol. The van der Waals surface area contributed by atoms with Crippen LogP contribution < -0.4 is 20.1 Å². The van der Waals surface area contributed by atoms with Gasteiger partial charge in [-0.1, -0.05) is 6.07 Å². The molecule has 0 aliphatic carbocycles. The molecule has 2 aromatic rings. The van der Waals surface area contributed by atoms with Crippen LogP contribution in [0.2, 0.25) is 0 Å². The summed E-state index contributed by atoms with van der Waals surface area (Å²) in [5, 5.41) is 6.45. The zero-order chi connectivity index (χ0) is 18.6. The van der Waals surface area contributed by atoms with Gasteiger partial charge in [-0.3, -0.25) is 9.59 Å². The molecule has 1 atom stereocenters. The third-order valence-corrected chi connectivity index (χ3v) is 4.34. The van der Waals surface area contributed by atoms with Gasteiger partial charge in [0, 0.05) is 12.4 Å². The second kappa shape index (κ2) is 7.93. The average Bonchev–Trinajstić information content (AvgIpc) is 3.04. The Kier molecular flexibility index (Phi) is 5.92. The molecule has 2 rings (SSSR count). The molecule has 1 heterocycles. The van der Waals surface area contributed by atoms with Gasteiger partial charge in [0.1, 0.15) is 10.9 Å². The van der Waals surface area contributed by atoms with Gasteiger partial charge in [-0.05, 0) is 17.7 Å². The van der Waals surface area contributed by atoms with Crippen LogP contribution in [0.5, 0.6) is 11.5 Å². The van der Waals surface area contributed by atoms with Gasteiger partial charge < -0.3 is 20.1 Å². The molecule has 0 saturated heterocycles. The molecule has 2 amide bonds. The van der Waals surface area contributed by atoms with Crippen molar-refractivity contribution in [3.8, 4) is 11.5 Å². The highest BCUT2D eigenvalue weighted by Gasteiger charge is 2.27. The van der Waals surface area contributed by atoms with E-state index >= 15 is 0 Å². The standard InChI is InChI=1S/C16H16F2N2O4S/c1-19-15(21)12(8-4-5-9(17)10(18)6-8)20-16(22)14-13(24-3)11(23-2)7-25-14/h4-7,12H,1-3H3,(H,19,21)(H,20,22). The largest absolute Gasteiger partial charge is 0.492 e. The molecular weight excluding hydrogens is 354 g/mol. The van der Waals surface area contributed by atoms with E-state index in [1.807, 2.05) is 0 Å². The van der Waals surface area contributed by atoms with Gasteiger partial charge in [0.05, 0.1) is 14.2 Å². The van der Waals surface area contributed by atoms with Crippen LogP contribution in [0.1, 0.15) is 21.3 Å². The highest BCUT2D eigenvalue weighted by atomic mass is 32.1. The molecule has 9 heteroatoms. The number of hydrogen-bond donors (Lipinski definition) is 2. The number of benzene rings is 1. The van der Waals surface area contributed by atoms with Crippen molar-refractivity contribution in [3.05, 3.63) is 45.7 Å². The fraction of sp³-hybridized carbons (Fsp3) is 0.250. The first-order chi connectivity index (χ1) is 11.9. The second-order valence-electron chi connectivity index (χ2n) is 4.86. The predicted molar refractivity (Wildman–Crippen MR) is 88.1 cm³/mol. The molecule has 0 fully saturated rings. The van der Waals surface area contributed by atoms with Gasteiger partial charge >= 0.3 is 0 Å². The van der Waals surface area contributed by atoms with Crippen LogP contribution in [-0.4, -0.2) is 33.1 Å². The highest BCUT2D eigenvalue weighted by Crippen LogP contribution is 2.37. The second-order valence-corrected chi connectivity index (χ2v) is 5.74. The molecule has 0 spiro atoms. The van der Waals surface area contributed by atoms with Crippen LogP contribution in [0.15, 0.2) is 23.6 Å². The van der Waals surface area contributed by atoms with E-state index in [9.17, 15) is 18.4 Å². The lowest BCUT2D eigenvalue weighted by atomic mass is 10.1. The minimum absolute atomic E-state index is 0.106. The van der Waals surface area contributed by atoms with Crippen molar-refractivity contribution < 1.29 is 27.8 Å². The molecule has 1 unspecified atom stereocenters. The molecule has 0 radical (unpaired) electrons. The van der Waals surface area contributed by atoms with E-state index in [-0.39, 0.29) is 16.2 Å². The minimum Gasteiger partial charge on any atom is -0.492 e. The van der Waals surface area contributed by atoms with Crippen LogP contribution in [0.25, 0.3) is 0 Å².